The standard InChI is InChI=1S/C13H11N5OS/c1-7-17-10(5-15)13(19-7)18-3-2-8-9(4-14)12(16)20-11(8)6-18/h2-3,6,16H2,1H3. The minimum Gasteiger partial charge on any atom is -0.424 e. The van der Waals surface area contributed by atoms with Crippen molar-refractivity contribution in [3.63, 3.8) is 0 Å². The molecule has 0 radical (unpaired) electrons. The fourth-order valence-electron chi connectivity index (χ4n) is 2.42. The van der Waals surface area contributed by atoms with Crippen molar-refractivity contribution in [2.24, 2.45) is 0 Å². The van der Waals surface area contributed by atoms with Crippen molar-refractivity contribution < 1.29 is 4.42 Å². The Balaban J connectivity index is 1.97. The van der Waals surface area contributed by atoms with E-state index in [1.54, 1.807) is 6.92 Å². The zero-order chi connectivity index (χ0) is 14.3. The summed E-state index contributed by atoms with van der Waals surface area (Å²) < 4.78 is 5.52. The van der Waals surface area contributed by atoms with Crippen molar-refractivity contribution in [3.8, 4) is 12.1 Å². The quantitative estimate of drug-likeness (QED) is 0.858. The summed E-state index contributed by atoms with van der Waals surface area (Å²) in [5.74, 6) is 0.979. The van der Waals surface area contributed by atoms with Crippen molar-refractivity contribution >= 4 is 22.2 Å². The predicted octanol–water partition coefficient (Wildman–Crippen LogP) is 1.93. The van der Waals surface area contributed by atoms with Gasteiger partial charge in [-0.2, -0.15) is 10.5 Å². The van der Waals surface area contributed by atoms with Gasteiger partial charge in [-0.1, -0.05) is 0 Å². The second-order valence-corrected chi connectivity index (χ2v) is 5.66. The molecule has 0 fully saturated rings. The normalized spacial score (nSPS) is 13.7. The van der Waals surface area contributed by atoms with Crippen LogP contribution in [0.25, 0.3) is 0 Å². The molecular formula is C13H11N5OS. The van der Waals surface area contributed by atoms with Gasteiger partial charge >= 0.3 is 0 Å². The van der Waals surface area contributed by atoms with Gasteiger partial charge in [0.2, 0.25) is 11.6 Å². The van der Waals surface area contributed by atoms with E-state index >= 15 is 0 Å². The number of hydrogen-bond acceptors (Lipinski definition) is 7. The Morgan fingerprint density at radius 1 is 1.40 bits per heavy atom. The molecule has 6 nitrogen and oxygen atoms in total. The lowest BCUT2D eigenvalue weighted by Gasteiger charge is -2.26. The second kappa shape index (κ2) is 4.55. The van der Waals surface area contributed by atoms with Crippen LogP contribution < -0.4 is 10.6 Å². The average molecular weight is 285 g/mol. The van der Waals surface area contributed by atoms with Crippen LogP contribution in [0.1, 0.15) is 27.6 Å². The Kier molecular flexibility index (Phi) is 2.85. The number of aryl methyl sites for hydroxylation is 1. The van der Waals surface area contributed by atoms with E-state index in [1.807, 2.05) is 11.0 Å². The maximum atomic E-state index is 9.12. The summed E-state index contributed by atoms with van der Waals surface area (Å²) in [5, 5.41) is 18.8. The number of anilines is 2. The van der Waals surface area contributed by atoms with Crippen LogP contribution in [0.4, 0.5) is 10.9 Å². The smallest absolute Gasteiger partial charge is 0.235 e. The molecule has 2 aromatic heterocycles. The first kappa shape index (κ1) is 12.5. The van der Waals surface area contributed by atoms with Crippen LogP contribution in [0, 0.1) is 29.6 Å². The number of aromatic nitrogens is 1. The maximum absolute atomic E-state index is 9.12. The minimum absolute atomic E-state index is 0.302. The summed E-state index contributed by atoms with van der Waals surface area (Å²) in [7, 11) is 0. The molecule has 0 aromatic carbocycles. The van der Waals surface area contributed by atoms with Gasteiger partial charge in [-0.3, -0.25) is 0 Å². The van der Waals surface area contributed by atoms with Crippen LogP contribution in [-0.4, -0.2) is 11.5 Å². The zero-order valence-electron chi connectivity index (χ0n) is 10.8. The molecule has 0 saturated carbocycles. The molecule has 2 aromatic rings. The van der Waals surface area contributed by atoms with E-state index < -0.39 is 0 Å². The van der Waals surface area contributed by atoms with Crippen LogP contribution in [0.15, 0.2) is 4.42 Å². The van der Waals surface area contributed by atoms with E-state index in [2.05, 4.69) is 11.1 Å². The fraction of sp³-hybridized carbons (Fsp3) is 0.308. The van der Waals surface area contributed by atoms with Crippen LogP contribution >= 0.6 is 11.3 Å². The third-order valence-corrected chi connectivity index (χ3v) is 4.35. The largest absolute Gasteiger partial charge is 0.424 e. The molecule has 100 valence electrons. The molecule has 0 aliphatic carbocycles. The highest BCUT2D eigenvalue weighted by molar-refractivity contribution is 7.16. The van der Waals surface area contributed by atoms with Crippen LogP contribution in [0.3, 0.4) is 0 Å². The Labute approximate surface area is 119 Å². The molecule has 0 amide bonds. The molecule has 3 rings (SSSR count). The molecule has 0 spiro atoms. The number of rotatable bonds is 1. The SMILES string of the molecule is Cc1nc(C#N)c(N2CCc3c(sc(N)c3C#N)C2)o1. The second-order valence-electron chi connectivity index (χ2n) is 4.52. The Morgan fingerprint density at radius 3 is 2.90 bits per heavy atom. The van der Waals surface area contributed by atoms with Gasteiger partial charge in [0, 0.05) is 18.3 Å². The van der Waals surface area contributed by atoms with Gasteiger partial charge in [-0.05, 0) is 12.0 Å². The molecule has 0 saturated heterocycles. The topological polar surface area (TPSA) is 103 Å². The number of thiophene rings is 1. The molecule has 20 heavy (non-hydrogen) atoms. The van der Waals surface area contributed by atoms with Crippen molar-refractivity contribution in [2.45, 2.75) is 19.9 Å². The summed E-state index contributed by atoms with van der Waals surface area (Å²) in [6, 6.07) is 4.21. The van der Waals surface area contributed by atoms with E-state index in [1.165, 1.54) is 11.3 Å². The van der Waals surface area contributed by atoms with Crippen molar-refractivity contribution in [1.82, 2.24) is 4.98 Å². The highest BCUT2D eigenvalue weighted by atomic mass is 32.1. The summed E-state index contributed by atoms with van der Waals surface area (Å²) in [5.41, 5.74) is 7.79. The van der Waals surface area contributed by atoms with E-state index in [4.69, 9.17) is 20.7 Å². The van der Waals surface area contributed by atoms with Crippen LogP contribution in [-0.2, 0) is 13.0 Å². The third kappa shape index (κ3) is 1.80. The Morgan fingerprint density at radius 2 is 2.20 bits per heavy atom. The number of nitrogens with two attached hydrogens (primary N) is 1. The summed E-state index contributed by atoms with van der Waals surface area (Å²) in [6.07, 6.45) is 0.719. The van der Waals surface area contributed by atoms with Gasteiger partial charge in [-0.25, -0.2) is 4.98 Å². The molecular weight excluding hydrogens is 274 g/mol. The van der Waals surface area contributed by atoms with Gasteiger partial charge in [0.25, 0.3) is 0 Å². The summed E-state index contributed by atoms with van der Waals surface area (Å²) in [4.78, 5) is 7.08. The first-order valence-corrected chi connectivity index (χ1v) is 6.88. The van der Waals surface area contributed by atoms with Gasteiger partial charge in [0.1, 0.15) is 17.1 Å². The van der Waals surface area contributed by atoms with Crippen molar-refractivity contribution in [2.75, 3.05) is 17.2 Å². The third-order valence-electron chi connectivity index (χ3n) is 3.31. The maximum Gasteiger partial charge on any atom is 0.235 e. The fourth-order valence-corrected chi connectivity index (χ4v) is 3.51. The molecule has 7 heteroatoms. The lowest BCUT2D eigenvalue weighted by atomic mass is 10.0. The van der Waals surface area contributed by atoms with Crippen LogP contribution in [0.2, 0.25) is 0 Å². The van der Waals surface area contributed by atoms with Crippen LogP contribution in [0.5, 0.6) is 0 Å². The van der Waals surface area contributed by atoms with E-state index in [9.17, 15) is 0 Å². The van der Waals surface area contributed by atoms with Crippen molar-refractivity contribution in [1.29, 1.82) is 10.5 Å². The number of oxazole rings is 1. The van der Waals surface area contributed by atoms with Crippen molar-refractivity contribution in [3.05, 3.63) is 27.6 Å². The molecule has 0 bridgehead atoms. The number of nitrogen functional groups attached to an aromatic ring is 1. The summed E-state index contributed by atoms with van der Waals surface area (Å²) >= 11 is 1.43. The van der Waals surface area contributed by atoms with E-state index in [0.29, 0.717) is 41.1 Å². The highest BCUT2D eigenvalue weighted by Crippen LogP contribution is 2.36. The van der Waals surface area contributed by atoms with Gasteiger partial charge < -0.3 is 15.1 Å². The van der Waals surface area contributed by atoms with E-state index in [0.717, 1.165) is 16.9 Å². The molecule has 1 aliphatic rings. The molecule has 2 N–H and O–H groups in total. The highest BCUT2D eigenvalue weighted by Gasteiger charge is 2.27. The van der Waals surface area contributed by atoms with E-state index in [-0.39, 0.29) is 0 Å². The molecule has 1 aliphatic heterocycles. The van der Waals surface area contributed by atoms with Gasteiger partial charge in [0.15, 0.2) is 5.89 Å². The molecule has 3 heterocycles. The molecule has 0 unspecified atom stereocenters. The van der Waals surface area contributed by atoms with Gasteiger partial charge in [0.05, 0.1) is 12.1 Å². The Bertz CT molecular complexity index is 761. The number of fused-ring (bicyclic) bond motifs is 1. The predicted molar refractivity (Wildman–Crippen MR) is 74.2 cm³/mol. The first-order valence-electron chi connectivity index (χ1n) is 6.06. The van der Waals surface area contributed by atoms with Gasteiger partial charge in [-0.15, -0.1) is 11.3 Å². The minimum atomic E-state index is 0.302. The molecule has 0 atom stereocenters. The number of hydrogen-bond donors (Lipinski definition) is 1. The lowest BCUT2D eigenvalue weighted by molar-refractivity contribution is 0.501. The zero-order valence-corrected chi connectivity index (χ0v) is 11.6. The number of nitriles is 2. The first-order chi connectivity index (χ1) is 9.63. The average Bonchev–Trinajstić information content (AvgIpc) is 2.96. The monoisotopic (exact) mass is 285 g/mol. The Hall–Kier alpha value is -2.51. The number of nitrogens with zero attached hydrogens (tertiary/aromatic N) is 4. The summed E-state index contributed by atoms with van der Waals surface area (Å²) in [6.45, 7) is 2.99. The lowest BCUT2D eigenvalue weighted by Crippen LogP contribution is -2.29.